The molecule has 3 nitrogen and oxygen atoms in total. The molecule has 0 unspecified atom stereocenters. The van der Waals surface area contributed by atoms with Gasteiger partial charge >= 0.3 is 0 Å². The van der Waals surface area contributed by atoms with Gasteiger partial charge in [0.05, 0.1) is 6.61 Å². The Labute approximate surface area is 138 Å². The molecule has 1 N–H and O–H groups in total. The Kier molecular flexibility index (Phi) is 6.05. The average Bonchev–Trinajstić information content (AvgIpc) is 2.55. The lowest BCUT2D eigenvalue weighted by atomic mass is 9.78. The molecule has 0 bridgehead atoms. The first kappa shape index (κ1) is 17.4. The van der Waals surface area contributed by atoms with Crippen molar-refractivity contribution < 1.29 is 14.6 Å². The Hall–Kier alpha value is -2.00. The summed E-state index contributed by atoms with van der Waals surface area (Å²) in [5.41, 5.74) is 2.24. The number of phenolic OH excluding ortho intramolecular Hbond substituents is 1. The number of benzene rings is 2. The number of ether oxygens (including phenoxy) is 2. The Balaban J connectivity index is 1.99. The molecule has 2 aromatic rings. The lowest BCUT2D eigenvalue weighted by molar-refractivity contribution is 0.101. The molecule has 124 valence electrons. The molecule has 0 radical (unpaired) electrons. The fraction of sp³-hybridized carbons (Fsp3) is 0.400. The molecule has 2 rings (SSSR count). The van der Waals surface area contributed by atoms with Crippen molar-refractivity contribution in [2.45, 2.75) is 32.6 Å². The van der Waals surface area contributed by atoms with Gasteiger partial charge in [-0.3, -0.25) is 0 Å². The zero-order valence-electron chi connectivity index (χ0n) is 14.2. The van der Waals surface area contributed by atoms with E-state index in [9.17, 15) is 5.11 Å². The highest BCUT2D eigenvalue weighted by Crippen LogP contribution is 2.33. The molecule has 0 aliphatic carbocycles. The summed E-state index contributed by atoms with van der Waals surface area (Å²) < 4.78 is 11.1. The summed E-state index contributed by atoms with van der Waals surface area (Å²) in [7, 11) is 0. The van der Waals surface area contributed by atoms with Gasteiger partial charge < -0.3 is 14.6 Å². The molecule has 0 heterocycles. The molecule has 0 aliphatic heterocycles. The van der Waals surface area contributed by atoms with Crippen LogP contribution in [0.2, 0.25) is 0 Å². The highest BCUT2D eigenvalue weighted by Gasteiger charge is 2.22. The van der Waals surface area contributed by atoms with E-state index in [0.717, 1.165) is 24.3 Å². The fourth-order valence-electron chi connectivity index (χ4n) is 2.48. The number of phenols is 1. The van der Waals surface area contributed by atoms with Crippen LogP contribution in [0.3, 0.4) is 0 Å². The van der Waals surface area contributed by atoms with Crippen molar-refractivity contribution in [1.29, 1.82) is 0 Å². The van der Waals surface area contributed by atoms with Crippen LogP contribution in [-0.2, 0) is 10.2 Å². The quantitative estimate of drug-likeness (QED) is 0.728. The van der Waals surface area contributed by atoms with E-state index >= 15 is 0 Å². The summed E-state index contributed by atoms with van der Waals surface area (Å²) in [6.07, 6.45) is 1.03. The zero-order chi connectivity index (χ0) is 16.7. The predicted octanol–water partition coefficient (Wildman–Crippen LogP) is 4.52. The second-order valence-electron chi connectivity index (χ2n) is 6.16. The van der Waals surface area contributed by atoms with Crippen LogP contribution in [0.4, 0.5) is 0 Å². The molecule has 23 heavy (non-hydrogen) atoms. The SMILES string of the molecule is CCCOCCOc1ccc(C(C)(C)c2ccc(O)cc2)cc1. The van der Waals surface area contributed by atoms with Crippen molar-refractivity contribution >= 4 is 0 Å². The van der Waals surface area contributed by atoms with E-state index in [0.29, 0.717) is 19.0 Å². The Morgan fingerprint density at radius 1 is 0.826 bits per heavy atom. The summed E-state index contributed by atoms with van der Waals surface area (Å²) in [5, 5.41) is 9.44. The largest absolute Gasteiger partial charge is 0.508 e. The Morgan fingerprint density at radius 3 is 1.96 bits per heavy atom. The number of hydrogen-bond acceptors (Lipinski definition) is 3. The average molecular weight is 314 g/mol. The van der Waals surface area contributed by atoms with Gasteiger partial charge in [0.25, 0.3) is 0 Å². The molecule has 0 aromatic heterocycles. The van der Waals surface area contributed by atoms with Crippen LogP contribution in [0.1, 0.15) is 38.3 Å². The van der Waals surface area contributed by atoms with Crippen LogP contribution >= 0.6 is 0 Å². The lowest BCUT2D eigenvalue weighted by Crippen LogP contribution is -2.18. The lowest BCUT2D eigenvalue weighted by Gasteiger charge is -2.26. The van der Waals surface area contributed by atoms with Gasteiger partial charge in [0, 0.05) is 12.0 Å². The van der Waals surface area contributed by atoms with E-state index in [4.69, 9.17) is 9.47 Å². The topological polar surface area (TPSA) is 38.7 Å². The van der Waals surface area contributed by atoms with Gasteiger partial charge in [-0.1, -0.05) is 45.0 Å². The molecule has 2 aromatic carbocycles. The molecule has 3 heteroatoms. The molecule has 0 fully saturated rings. The maximum Gasteiger partial charge on any atom is 0.119 e. The molecule has 0 saturated heterocycles. The van der Waals surface area contributed by atoms with Crippen LogP contribution in [0.5, 0.6) is 11.5 Å². The summed E-state index contributed by atoms with van der Waals surface area (Å²) in [6, 6.07) is 15.6. The smallest absolute Gasteiger partial charge is 0.119 e. The minimum Gasteiger partial charge on any atom is -0.508 e. The van der Waals surface area contributed by atoms with Gasteiger partial charge in [-0.25, -0.2) is 0 Å². The maximum atomic E-state index is 9.44. The van der Waals surface area contributed by atoms with Gasteiger partial charge in [-0.15, -0.1) is 0 Å². The number of rotatable bonds is 8. The highest BCUT2D eigenvalue weighted by molar-refractivity contribution is 5.41. The van der Waals surface area contributed by atoms with Gasteiger partial charge in [-0.05, 0) is 41.8 Å². The van der Waals surface area contributed by atoms with Crippen LogP contribution in [0.25, 0.3) is 0 Å². The number of aromatic hydroxyl groups is 1. The summed E-state index contributed by atoms with van der Waals surface area (Å²) in [4.78, 5) is 0. The standard InChI is InChI=1S/C20H26O3/c1-4-13-22-14-15-23-19-11-7-17(8-12-19)20(2,3)16-5-9-18(21)10-6-16/h5-12,21H,4,13-15H2,1-3H3. The third-order valence-electron chi connectivity index (χ3n) is 4.01. The molecular weight excluding hydrogens is 288 g/mol. The van der Waals surface area contributed by atoms with E-state index in [2.05, 4.69) is 32.9 Å². The van der Waals surface area contributed by atoms with Gasteiger partial charge in [0.2, 0.25) is 0 Å². The normalized spacial score (nSPS) is 11.4. The second-order valence-corrected chi connectivity index (χ2v) is 6.16. The van der Waals surface area contributed by atoms with Crippen LogP contribution in [0, 0.1) is 0 Å². The number of hydrogen-bond donors (Lipinski definition) is 1. The third kappa shape index (κ3) is 4.73. The molecule has 0 atom stereocenters. The van der Waals surface area contributed by atoms with Gasteiger partial charge in [0.1, 0.15) is 18.1 Å². The predicted molar refractivity (Wildman–Crippen MR) is 93.3 cm³/mol. The summed E-state index contributed by atoms with van der Waals surface area (Å²) in [5.74, 6) is 1.15. The fourth-order valence-corrected chi connectivity index (χ4v) is 2.48. The second kappa shape index (κ2) is 8.02. The maximum absolute atomic E-state index is 9.44. The first-order chi connectivity index (χ1) is 11.0. The molecule has 0 aliphatic rings. The first-order valence-electron chi connectivity index (χ1n) is 8.14. The van der Waals surface area contributed by atoms with Crippen molar-refractivity contribution in [3.8, 4) is 11.5 Å². The summed E-state index contributed by atoms with van der Waals surface area (Å²) >= 11 is 0. The summed E-state index contributed by atoms with van der Waals surface area (Å²) in [6.45, 7) is 8.41. The van der Waals surface area contributed by atoms with Crippen LogP contribution in [-0.4, -0.2) is 24.9 Å². The van der Waals surface area contributed by atoms with Crippen LogP contribution in [0.15, 0.2) is 48.5 Å². The minimum absolute atomic E-state index is 0.129. The molecule has 0 saturated carbocycles. The minimum atomic E-state index is -0.129. The van der Waals surface area contributed by atoms with E-state index < -0.39 is 0 Å². The third-order valence-corrected chi connectivity index (χ3v) is 4.01. The van der Waals surface area contributed by atoms with Crippen molar-refractivity contribution in [2.75, 3.05) is 19.8 Å². The van der Waals surface area contributed by atoms with Crippen molar-refractivity contribution in [1.82, 2.24) is 0 Å². The molecule has 0 amide bonds. The highest BCUT2D eigenvalue weighted by atomic mass is 16.5. The first-order valence-corrected chi connectivity index (χ1v) is 8.14. The molecule has 0 spiro atoms. The van der Waals surface area contributed by atoms with E-state index in [1.54, 1.807) is 12.1 Å². The van der Waals surface area contributed by atoms with Crippen molar-refractivity contribution in [3.05, 3.63) is 59.7 Å². The van der Waals surface area contributed by atoms with E-state index in [-0.39, 0.29) is 5.41 Å². The molecular formula is C20H26O3. The van der Waals surface area contributed by atoms with Gasteiger partial charge in [-0.2, -0.15) is 0 Å². The monoisotopic (exact) mass is 314 g/mol. The Morgan fingerprint density at radius 2 is 1.39 bits per heavy atom. The van der Waals surface area contributed by atoms with E-state index in [1.807, 2.05) is 24.3 Å². The Bertz CT molecular complexity index is 585. The van der Waals surface area contributed by atoms with E-state index in [1.165, 1.54) is 5.56 Å². The van der Waals surface area contributed by atoms with Crippen molar-refractivity contribution in [2.24, 2.45) is 0 Å². The van der Waals surface area contributed by atoms with Gasteiger partial charge in [0.15, 0.2) is 0 Å². The van der Waals surface area contributed by atoms with Crippen LogP contribution < -0.4 is 4.74 Å². The van der Waals surface area contributed by atoms with Crippen molar-refractivity contribution in [3.63, 3.8) is 0 Å². The zero-order valence-corrected chi connectivity index (χ0v) is 14.2.